The maximum absolute atomic E-state index is 11.0. The Morgan fingerprint density at radius 2 is 1.79 bits per heavy atom. The summed E-state index contributed by atoms with van der Waals surface area (Å²) >= 11 is 0. The van der Waals surface area contributed by atoms with Crippen LogP contribution in [-0.4, -0.2) is 35.6 Å². The van der Waals surface area contributed by atoms with Crippen LogP contribution in [0, 0.1) is 46.8 Å². The van der Waals surface area contributed by atoms with Crippen molar-refractivity contribution in [2.75, 3.05) is 19.8 Å². The lowest BCUT2D eigenvalue weighted by atomic mass is 9.48. The van der Waals surface area contributed by atoms with Gasteiger partial charge in [-0.1, -0.05) is 13.8 Å². The first kappa shape index (κ1) is 21.1. The average Bonchev–Trinajstić information content (AvgIpc) is 3.03. The molecule has 3 heteroatoms. The molecule has 0 aromatic rings. The van der Waals surface area contributed by atoms with Crippen LogP contribution in [0.1, 0.15) is 85.0 Å². The lowest BCUT2D eigenvalue weighted by Crippen LogP contribution is -2.52. The lowest BCUT2D eigenvalue weighted by Gasteiger charge is -2.57. The molecule has 9 atom stereocenters. The van der Waals surface area contributed by atoms with E-state index in [2.05, 4.69) is 13.8 Å². The van der Waals surface area contributed by atoms with E-state index in [1.54, 1.807) is 0 Å². The summed E-state index contributed by atoms with van der Waals surface area (Å²) in [5.41, 5.74) is -0.0572. The predicted molar refractivity (Wildman–Crippen MR) is 113 cm³/mol. The van der Waals surface area contributed by atoms with Crippen molar-refractivity contribution in [1.29, 1.82) is 0 Å². The van der Waals surface area contributed by atoms with Crippen molar-refractivity contribution < 1.29 is 14.9 Å². The van der Waals surface area contributed by atoms with E-state index in [4.69, 9.17) is 4.74 Å². The van der Waals surface area contributed by atoms with E-state index in [1.807, 2.05) is 6.92 Å². The van der Waals surface area contributed by atoms with E-state index >= 15 is 0 Å². The van der Waals surface area contributed by atoms with Crippen LogP contribution in [0.4, 0.5) is 0 Å². The summed E-state index contributed by atoms with van der Waals surface area (Å²) in [6.45, 7) is 8.60. The van der Waals surface area contributed by atoms with Crippen molar-refractivity contribution in [3.05, 3.63) is 0 Å². The molecule has 0 heterocycles. The highest BCUT2D eigenvalue weighted by atomic mass is 16.5. The minimum absolute atomic E-state index is 0.346. The zero-order chi connectivity index (χ0) is 19.9. The molecule has 3 nitrogen and oxygen atoms in total. The van der Waals surface area contributed by atoms with Gasteiger partial charge >= 0.3 is 0 Å². The van der Waals surface area contributed by atoms with Gasteiger partial charge in [0.25, 0.3) is 0 Å². The van der Waals surface area contributed by atoms with E-state index in [1.165, 1.54) is 44.9 Å². The quantitative estimate of drug-likeness (QED) is 0.666. The molecule has 0 saturated heterocycles. The van der Waals surface area contributed by atoms with Crippen molar-refractivity contribution in [2.24, 2.45) is 46.8 Å². The fourth-order valence-corrected chi connectivity index (χ4v) is 8.77. The Labute approximate surface area is 172 Å². The molecule has 0 bridgehead atoms. The molecule has 0 amide bonds. The van der Waals surface area contributed by atoms with Crippen molar-refractivity contribution in [3.8, 4) is 0 Å². The summed E-state index contributed by atoms with van der Waals surface area (Å²) in [5.74, 6) is 5.77. The topological polar surface area (TPSA) is 49.7 Å². The Hall–Kier alpha value is -0.120. The number of aliphatic hydroxyl groups is 2. The summed E-state index contributed by atoms with van der Waals surface area (Å²) in [7, 11) is 0. The van der Waals surface area contributed by atoms with Gasteiger partial charge < -0.3 is 14.9 Å². The molecule has 0 spiro atoms. The molecular formula is C25H44O3. The number of hydrogen-bond acceptors (Lipinski definition) is 3. The van der Waals surface area contributed by atoms with Crippen molar-refractivity contribution in [2.45, 2.75) is 90.6 Å². The molecule has 4 aliphatic rings. The minimum Gasteiger partial charge on any atom is -0.396 e. The van der Waals surface area contributed by atoms with Gasteiger partial charge in [-0.25, -0.2) is 0 Å². The number of ether oxygens (including phenoxy) is 1. The number of fused-ring (bicyclic) bond motifs is 5. The zero-order valence-electron chi connectivity index (χ0n) is 18.5. The molecular weight excluding hydrogens is 348 g/mol. The Kier molecular flexibility index (Phi) is 6.18. The first-order valence-corrected chi connectivity index (χ1v) is 12.3. The molecule has 4 saturated carbocycles. The molecule has 2 N–H and O–H groups in total. The van der Waals surface area contributed by atoms with Crippen LogP contribution in [0.3, 0.4) is 0 Å². The number of rotatable bonds is 6. The second-order valence-corrected chi connectivity index (χ2v) is 11.3. The van der Waals surface area contributed by atoms with Crippen LogP contribution in [0.2, 0.25) is 0 Å². The van der Waals surface area contributed by atoms with Crippen molar-refractivity contribution in [3.63, 3.8) is 0 Å². The predicted octanol–water partition coefficient (Wildman–Crippen LogP) is 5.04. The molecule has 0 radical (unpaired) electrons. The molecule has 4 fully saturated rings. The van der Waals surface area contributed by atoms with Gasteiger partial charge in [-0.15, -0.1) is 0 Å². The number of hydrogen-bond donors (Lipinski definition) is 2. The van der Waals surface area contributed by atoms with Gasteiger partial charge in [0.2, 0.25) is 0 Å². The summed E-state index contributed by atoms with van der Waals surface area (Å²) in [6.07, 6.45) is 12.4. The average molecular weight is 393 g/mol. The third kappa shape index (κ3) is 3.58. The summed E-state index contributed by atoms with van der Waals surface area (Å²) in [5, 5.41) is 20.5. The van der Waals surface area contributed by atoms with Crippen molar-refractivity contribution in [1.82, 2.24) is 0 Å². The lowest BCUT2D eigenvalue weighted by molar-refractivity contribution is -0.129. The summed E-state index contributed by atoms with van der Waals surface area (Å²) in [4.78, 5) is 0. The van der Waals surface area contributed by atoms with Crippen LogP contribution in [0.15, 0.2) is 0 Å². The first-order chi connectivity index (χ1) is 13.4. The third-order valence-electron chi connectivity index (χ3n) is 10.0. The number of aliphatic hydroxyl groups excluding tert-OH is 1. The third-order valence-corrected chi connectivity index (χ3v) is 10.0. The molecule has 28 heavy (non-hydrogen) atoms. The summed E-state index contributed by atoms with van der Waals surface area (Å²) in [6, 6.07) is 0. The Morgan fingerprint density at radius 3 is 2.54 bits per heavy atom. The highest BCUT2D eigenvalue weighted by Gasteiger charge is 2.58. The van der Waals surface area contributed by atoms with Gasteiger partial charge in [-0.05, 0) is 118 Å². The largest absolute Gasteiger partial charge is 0.396 e. The fraction of sp³-hybridized carbons (Fsp3) is 1.00. The van der Waals surface area contributed by atoms with Gasteiger partial charge in [0, 0.05) is 13.2 Å². The van der Waals surface area contributed by atoms with Crippen molar-refractivity contribution >= 4 is 0 Å². The molecule has 0 aromatic carbocycles. The second kappa shape index (κ2) is 8.19. The van der Waals surface area contributed by atoms with Gasteiger partial charge in [0.15, 0.2) is 0 Å². The zero-order valence-corrected chi connectivity index (χ0v) is 18.5. The van der Waals surface area contributed by atoms with Crippen LogP contribution in [0.25, 0.3) is 0 Å². The van der Waals surface area contributed by atoms with Gasteiger partial charge in [0.1, 0.15) is 0 Å². The Morgan fingerprint density at radius 1 is 1.00 bits per heavy atom. The molecule has 4 aliphatic carbocycles. The first-order valence-electron chi connectivity index (χ1n) is 12.3. The summed E-state index contributed by atoms with van der Waals surface area (Å²) < 4.78 is 5.62. The fourth-order valence-electron chi connectivity index (χ4n) is 8.77. The van der Waals surface area contributed by atoms with Gasteiger partial charge in [-0.3, -0.25) is 0 Å². The van der Waals surface area contributed by atoms with E-state index in [9.17, 15) is 10.2 Å². The van der Waals surface area contributed by atoms with E-state index in [0.717, 1.165) is 54.8 Å². The maximum atomic E-state index is 11.0. The normalized spacial score (nSPS) is 49.2. The Bertz CT molecular complexity index is 536. The minimum atomic E-state index is -0.564. The van der Waals surface area contributed by atoms with Crippen LogP contribution < -0.4 is 0 Å². The highest BCUT2D eigenvalue weighted by molar-refractivity contribution is 5.07. The van der Waals surface area contributed by atoms with Gasteiger partial charge in [0.05, 0.1) is 12.2 Å². The molecule has 2 unspecified atom stereocenters. The SMILES string of the molecule is CCOC[C@@]1(O)CC[C@H]2[C@@H](CC[C@@H]3[C@@H]2CC[C@]2(C)C(C(C)CCO)CC[C@@H]32)C1. The smallest absolute Gasteiger partial charge is 0.0883 e. The van der Waals surface area contributed by atoms with Crippen LogP contribution in [-0.2, 0) is 4.74 Å². The Balaban J connectivity index is 1.45. The van der Waals surface area contributed by atoms with Crippen LogP contribution in [0.5, 0.6) is 0 Å². The second-order valence-electron chi connectivity index (χ2n) is 11.3. The standard InChI is InChI=1S/C25H44O3/c1-4-28-16-25(27)13-10-19-18(15-25)5-6-21-20(19)9-12-24(3)22(7-8-23(21)24)17(2)11-14-26/h17-23,26-27H,4-16H2,1-3H3/t17?,18-,19-,20+,21+,22?,23-,24+,25+/m0/s1. The van der Waals surface area contributed by atoms with Gasteiger partial charge in [-0.2, -0.15) is 0 Å². The molecule has 162 valence electrons. The van der Waals surface area contributed by atoms with E-state index in [-0.39, 0.29) is 0 Å². The maximum Gasteiger partial charge on any atom is 0.0883 e. The molecule has 0 aromatic heterocycles. The van der Waals surface area contributed by atoms with E-state index < -0.39 is 5.60 Å². The van der Waals surface area contributed by atoms with E-state index in [0.29, 0.717) is 31.2 Å². The monoisotopic (exact) mass is 392 g/mol. The highest BCUT2D eigenvalue weighted by Crippen LogP contribution is 2.65. The molecule has 4 rings (SSSR count). The van der Waals surface area contributed by atoms with Crippen LogP contribution >= 0.6 is 0 Å². The molecule has 0 aliphatic heterocycles.